The molecule has 0 aliphatic heterocycles. The molecule has 56 valence electrons. The van der Waals surface area contributed by atoms with Crippen LogP contribution in [0.5, 0.6) is 0 Å². The summed E-state index contributed by atoms with van der Waals surface area (Å²) in [6, 6.07) is 0. The zero-order valence-corrected chi connectivity index (χ0v) is 6.77. The van der Waals surface area contributed by atoms with Gasteiger partial charge in [0.2, 0.25) is 0 Å². The van der Waals surface area contributed by atoms with Crippen molar-refractivity contribution in [2.45, 2.75) is 33.6 Å². The van der Waals surface area contributed by atoms with E-state index in [9.17, 15) is 0 Å². The summed E-state index contributed by atoms with van der Waals surface area (Å²) in [5, 5.41) is 0. The molecule has 0 aliphatic rings. The van der Waals surface area contributed by atoms with Crippen LogP contribution in [0.4, 0.5) is 0 Å². The Balaban J connectivity index is 2.81. The normalized spacial score (nSPS) is 10.3. The number of hydrogen-bond acceptors (Lipinski definition) is 2. The molecular formula is C8H13NO. The molecule has 0 saturated heterocycles. The molecule has 0 spiro atoms. The fraction of sp³-hybridized carbons (Fsp3) is 0.625. The van der Waals surface area contributed by atoms with E-state index in [1.165, 1.54) is 0 Å². The van der Waals surface area contributed by atoms with Crippen molar-refractivity contribution >= 4 is 0 Å². The second kappa shape index (κ2) is 2.86. The topological polar surface area (TPSA) is 26.0 Å². The zero-order valence-electron chi connectivity index (χ0n) is 6.77. The molecule has 1 aromatic rings. The maximum atomic E-state index is 5.26. The van der Waals surface area contributed by atoms with Crippen LogP contribution in [-0.2, 0) is 6.42 Å². The summed E-state index contributed by atoms with van der Waals surface area (Å²) in [4.78, 5) is 4.23. The first-order valence-electron chi connectivity index (χ1n) is 3.67. The lowest BCUT2D eigenvalue weighted by Gasteiger charge is -1.88. The van der Waals surface area contributed by atoms with E-state index in [0.717, 1.165) is 30.2 Å². The Hall–Kier alpha value is -0.790. The van der Waals surface area contributed by atoms with Crippen molar-refractivity contribution in [2.75, 3.05) is 0 Å². The van der Waals surface area contributed by atoms with Gasteiger partial charge in [-0.2, -0.15) is 0 Å². The van der Waals surface area contributed by atoms with Crippen molar-refractivity contribution in [3.05, 3.63) is 17.3 Å². The number of nitrogens with zero attached hydrogens (tertiary/aromatic N) is 1. The van der Waals surface area contributed by atoms with Gasteiger partial charge in [0.15, 0.2) is 5.89 Å². The van der Waals surface area contributed by atoms with Crippen LogP contribution in [-0.4, -0.2) is 4.98 Å². The fourth-order valence-electron chi connectivity index (χ4n) is 1.04. The Bertz CT molecular complexity index is 215. The zero-order chi connectivity index (χ0) is 7.56. The maximum absolute atomic E-state index is 5.26. The van der Waals surface area contributed by atoms with Gasteiger partial charge in [0.05, 0.1) is 5.69 Å². The molecule has 1 rings (SSSR count). The van der Waals surface area contributed by atoms with E-state index in [2.05, 4.69) is 11.9 Å². The van der Waals surface area contributed by atoms with Gasteiger partial charge in [-0.3, -0.25) is 0 Å². The van der Waals surface area contributed by atoms with Crippen molar-refractivity contribution < 1.29 is 4.42 Å². The first kappa shape index (κ1) is 7.32. The fourth-order valence-corrected chi connectivity index (χ4v) is 1.04. The van der Waals surface area contributed by atoms with Gasteiger partial charge in [0.1, 0.15) is 5.76 Å². The molecule has 0 radical (unpaired) electrons. The van der Waals surface area contributed by atoms with E-state index in [-0.39, 0.29) is 0 Å². The maximum Gasteiger partial charge on any atom is 0.191 e. The van der Waals surface area contributed by atoms with Crippen LogP contribution in [0.2, 0.25) is 0 Å². The van der Waals surface area contributed by atoms with Gasteiger partial charge in [-0.25, -0.2) is 4.98 Å². The molecule has 0 aliphatic carbocycles. The first-order chi connectivity index (χ1) is 4.74. The van der Waals surface area contributed by atoms with Gasteiger partial charge >= 0.3 is 0 Å². The monoisotopic (exact) mass is 139 g/mol. The smallest absolute Gasteiger partial charge is 0.191 e. The highest BCUT2D eigenvalue weighted by Crippen LogP contribution is 2.10. The van der Waals surface area contributed by atoms with Crippen LogP contribution in [0.1, 0.15) is 30.7 Å². The standard InChI is InChI=1S/C8H13NO/c1-4-5-8-6(2)10-7(3)9-8/h4-5H2,1-3H3. The molecule has 0 aromatic carbocycles. The molecule has 0 amide bonds. The second-order valence-corrected chi connectivity index (χ2v) is 2.49. The van der Waals surface area contributed by atoms with Crippen LogP contribution < -0.4 is 0 Å². The number of oxazole rings is 1. The molecule has 0 bridgehead atoms. The molecule has 2 heteroatoms. The minimum Gasteiger partial charge on any atom is -0.446 e. The number of rotatable bonds is 2. The highest BCUT2D eigenvalue weighted by Gasteiger charge is 2.03. The highest BCUT2D eigenvalue weighted by atomic mass is 16.4. The van der Waals surface area contributed by atoms with Gasteiger partial charge in [-0.05, 0) is 13.3 Å². The molecule has 1 aromatic heterocycles. The van der Waals surface area contributed by atoms with Crippen LogP contribution in [0, 0.1) is 13.8 Å². The van der Waals surface area contributed by atoms with E-state index in [1.54, 1.807) is 0 Å². The number of hydrogen-bond donors (Lipinski definition) is 0. The average molecular weight is 139 g/mol. The molecule has 0 atom stereocenters. The minimum atomic E-state index is 0.779. The summed E-state index contributed by atoms with van der Waals surface area (Å²) in [7, 11) is 0. The molecule has 0 unspecified atom stereocenters. The summed E-state index contributed by atoms with van der Waals surface area (Å²) in [5.74, 6) is 1.75. The molecule has 1 heterocycles. The van der Waals surface area contributed by atoms with Crippen molar-refractivity contribution in [1.29, 1.82) is 0 Å². The predicted octanol–water partition coefficient (Wildman–Crippen LogP) is 2.24. The number of aryl methyl sites for hydroxylation is 3. The predicted molar refractivity (Wildman–Crippen MR) is 40.0 cm³/mol. The molecule has 0 saturated carbocycles. The minimum absolute atomic E-state index is 0.779. The molecule has 2 nitrogen and oxygen atoms in total. The average Bonchev–Trinajstić information content (AvgIpc) is 2.13. The van der Waals surface area contributed by atoms with E-state index in [4.69, 9.17) is 4.42 Å². The highest BCUT2D eigenvalue weighted by molar-refractivity contribution is 5.07. The number of aromatic nitrogens is 1. The summed E-state index contributed by atoms with van der Waals surface area (Å²) in [5.41, 5.74) is 1.11. The Labute approximate surface area is 61.3 Å². The third kappa shape index (κ3) is 1.38. The van der Waals surface area contributed by atoms with Gasteiger partial charge in [0, 0.05) is 6.92 Å². The summed E-state index contributed by atoms with van der Waals surface area (Å²) in [6.45, 7) is 5.99. The molecule has 0 N–H and O–H groups in total. The molecule has 0 fully saturated rings. The largest absolute Gasteiger partial charge is 0.446 e. The van der Waals surface area contributed by atoms with Crippen LogP contribution in [0.25, 0.3) is 0 Å². The Morgan fingerprint density at radius 2 is 2.10 bits per heavy atom. The Kier molecular flexibility index (Phi) is 2.10. The summed E-state index contributed by atoms with van der Waals surface area (Å²) >= 11 is 0. The Morgan fingerprint density at radius 1 is 1.40 bits per heavy atom. The first-order valence-corrected chi connectivity index (χ1v) is 3.67. The van der Waals surface area contributed by atoms with Crippen LogP contribution in [0.3, 0.4) is 0 Å². The van der Waals surface area contributed by atoms with E-state index < -0.39 is 0 Å². The van der Waals surface area contributed by atoms with E-state index in [1.807, 2.05) is 13.8 Å². The van der Waals surface area contributed by atoms with Crippen molar-refractivity contribution in [3.63, 3.8) is 0 Å². The lowest BCUT2D eigenvalue weighted by atomic mass is 10.2. The Morgan fingerprint density at radius 3 is 2.50 bits per heavy atom. The SMILES string of the molecule is CCCc1nc(C)oc1C. The van der Waals surface area contributed by atoms with Crippen molar-refractivity contribution in [1.82, 2.24) is 4.98 Å². The summed E-state index contributed by atoms with van der Waals surface area (Å²) < 4.78 is 5.26. The lowest BCUT2D eigenvalue weighted by Crippen LogP contribution is -1.85. The van der Waals surface area contributed by atoms with Gasteiger partial charge in [-0.15, -0.1) is 0 Å². The molecular weight excluding hydrogens is 126 g/mol. The van der Waals surface area contributed by atoms with Gasteiger partial charge in [-0.1, -0.05) is 13.3 Å². The van der Waals surface area contributed by atoms with Crippen molar-refractivity contribution in [3.8, 4) is 0 Å². The van der Waals surface area contributed by atoms with E-state index >= 15 is 0 Å². The van der Waals surface area contributed by atoms with Crippen LogP contribution >= 0.6 is 0 Å². The van der Waals surface area contributed by atoms with E-state index in [0.29, 0.717) is 0 Å². The third-order valence-electron chi connectivity index (χ3n) is 1.49. The summed E-state index contributed by atoms with van der Waals surface area (Å²) in [6.07, 6.45) is 2.16. The van der Waals surface area contributed by atoms with Crippen molar-refractivity contribution in [2.24, 2.45) is 0 Å². The third-order valence-corrected chi connectivity index (χ3v) is 1.49. The second-order valence-electron chi connectivity index (χ2n) is 2.49. The van der Waals surface area contributed by atoms with Gasteiger partial charge in [0.25, 0.3) is 0 Å². The van der Waals surface area contributed by atoms with Crippen LogP contribution in [0.15, 0.2) is 4.42 Å². The van der Waals surface area contributed by atoms with Gasteiger partial charge < -0.3 is 4.42 Å². The molecule has 10 heavy (non-hydrogen) atoms. The lowest BCUT2D eigenvalue weighted by molar-refractivity contribution is 0.492. The quantitative estimate of drug-likeness (QED) is 0.628.